The Hall–Kier alpha value is -1.28. The second-order valence-corrected chi connectivity index (χ2v) is 4.69. The molecular weight excluding hydrogens is 198 g/mol. The SMILES string of the molecule is Cc1ccc2oc(C(C)C(C)CN)cc2c1. The van der Waals surface area contributed by atoms with Crippen molar-refractivity contribution in [3.8, 4) is 0 Å². The highest BCUT2D eigenvalue weighted by molar-refractivity contribution is 5.78. The summed E-state index contributed by atoms with van der Waals surface area (Å²) in [6, 6.07) is 8.40. The summed E-state index contributed by atoms with van der Waals surface area (Å²) in [4.78, 5) is 0. The number of fused-ring (bicyclic) bond motifs is 1. The van der Waals surface area contributed by atoms with Crippen LogP contribution in [0.25, 0.3) is 11.0 Å². The first kappa shape index (κ1) is 11.2. The molecule has 1 aromatic heterocycles. The second kappa shape index (κ2) is 4.30. The number of aryl methyl sites for hydroxylation is 1. The molecule has 2 heteroatoms. The Balaban J connectivity index is 2.39. The molecule has 2 aromatic rings. The Morgan fingerprint density at radius 1 is 1.25 bits per heavy atom. The van der Waals surface area contributed by atoms with Crippen LogP contribution in [0.2, 0.25) is 0 Å². The first-order valence-electron chi connectivity index (χ1n) is 5.82. The van der Waals surface area contributed by atoms with E-state index in [2.05, 4.69) is 39.0 Å². The van der Waals surface area contributed by atoms with Crippen molar-refractivity contribution in [2.24, 2.45) is 11.7 Å². The molecule has 2 atom stereocenters. The fourth-order valence-corrected chi connectivity index (χ4v) is 1.89. The Morgan fingerprint density at radius 3 is 2.69 bits per heavy atom. The maximum absolute atomic E-state index is 5.85. The maximum atomic E-state index is 5.85. The Bertz CT molecular complexity index is 486. The van der Waals surface area contributed by atoms with Crippen molar-refractivity contribution >= 4 is 11.0 Å². The maximum Gasteiger partial charge on any atom is 0.134 e. The van der Waals surface area contributed by atoms with Gasteiger partial charge in [-0.2, -0.15) is 0 Å². The quantitative estimate of drug-likeness (QED) is 0.855. The van der Waals surface area contributed by atoms with Gasteiger partial charge in [0.05, 0.1) is 0 Å². The molecule has 16 heavy (non-hydrogen) atoms. The molecule has 2 rings (SSSR count). The number of nitrogens with two attached hydrogens (primary N) is 1. The zero-order chi connectivity index (χ0) is 11.7. The van der Waals surface area contributed by atoms with Crippen molar-refractivity contribution in [1.29, 1.82) is 0 Å². The van der Waals surface area contributed by atoms with Gasteiger partial charge in [-0.1, -0.05) is 25.5 Å². The number of benzene rings is 1. The molecule has 0 bridgehead atoms. The standard InChI is InChI=1S/C14H19NO/c1-9-4-5-13-12(6-9)7-14(16-13)11(3)10(2)8-15/h4-7,10-11H,8,15H2,1-3H3. The van der Waals surface area contributed by atoms with Crippen molar-refractivity contribution in [1.82, 2.24) is 0 Å². The largest absolute Gasteiger partial charge is 0.461 e. The normalized spacial score (nSPS) is 15.2. The summed E-state index contributed by atoms with van der Waals surface area (Å²) in [5.74, 6) is 1.86. The number of furan rings is 1. The van der Waals surface area contributed by atoms with Gasteiger partial charge in [-0.05, 0) is 37.6 Å². The van der Waals surface area contributed by atoms with Gasteiger partial charge in [-0.3, -0.25) is 0 Å². The van der Waals surface area contributed by atoms with Crippen LogP contribution in [0.3, 0.4) is 0 Å². The summed E-state index contributed by atoms with van der Waals surface area (Å²) in [6.07, 6.45) is 0. The average Bonchev–Trinajstić information content (AvgIpc) is 2.69. The van der Waals surface area contributed by atoms with Crippen molar-refractivity contribution in [3.05, 3.63) is 35.6 Å². The van der Waals surface area contributed by atoms with Crippen LogP contribution in [0.15, 0.2) is 28.7 Å². The molecule has 2 unspecified atom stereocenters. The molecule has 0 aliphatic rings. The summed E-state index contributed by atoms with van der Waals surface area (Å²) < 4.78 is 5.85. The molecule has 2 nitrogen and oxygen atoms in total. The third kappa shape index (κ3) is 1.98. The first-order valence-corrected chi connectivity index (χ1v) is 5.82. The van der Waals surface area contributed by atoms with E-state index in [1.54, 1.807) is 0 Å². The first-order chi connectivity index (χ1) is 7.61. The number of hydrogen-bond donors (Lipinski definition) is 1. The molecule has 86 valence electrons. The van der Waals surface area contributed by atoms with Crippen LogP contribution in [0.5, 0.6) is 0 Å². The van der Waals surface area contributed by atoms with Crippen molar-refractivity contribution in [2.45, 2.75) is 26.7 Å². The van der Waals surface area contributed by atoms with E-state index in [1.807, 2.05) is 6.07 Å². The molecule has 0 radical (unpaired) electrons. The van der Waals surface area contributed by atoms with Crippen molar-refractivity contribution in [2.75, 3.05) is 6.54 Å². The predicted molar refractivity (Wildman–Crippen MR) is 67.6 cm³/mol. The van der Waals surface area contributed by atoms with Crippen LogP contribution < -0.4 is 5.73 Å². The predicted octanol–water partition coefficient (Wildman–Crippen LogP) is 3.44. The van der Waals surface area contributed by atoms with Gasteiger partial charge >= 0.3 is 0 Å². The fraction of sp³-hybridized carbons (Fsp3) is 0.429. The van der Waals surface area contributed by atoms with Crippen LogP contribution in [-0.4, -0.2) is 6.54 Å². The van der Waals surface area contributed by atoms with E-state index in [0.29, 0.717) is 18.4 Å². The topological polar surface area (TPSA) is 39.2 Å². The highest BCUT2D eigenvalue weighted by Gasteiger charge is 2.17. The Kier molecular flexibility index (Phi) is 3.01. The summed E-state index contributed by atoms with van der Waals surface area (Å²) in [5.41, 5.74) is 7.92. The summed E-state index contributed by atoms with van der Waals surface area (Å²) in [6.45, 7) is 7.11. The van der Waals surface area contributed by atoms with E-state index < -0.39 is 0 Å². The van der Waals surface area contributed by atoms with Gasteiger partial charge < -0.3 is 10.2 Å². The molecule has 0 spiro atoms. The second-order valence-electron chi connectivity index (χ2n) is 4.69. The minimum absolute atomic E-state index is 0.373. The van der Waals surface area contributed by atoms with Gasteiger partial charge in [-0.15, -0.1) is 0 Å². The summed E-state index contributed by atoms with van der Waals surface area (Å²) in [5, 5.41) is 1.19. The Labute approximate surface area is 96.4 Å². The average molecular weight is 217 g/mol. The highest BCUT2D eigenvalue weighted by Crippen LogP contribution is 2.29. The lowest BCUT2D eigenvalue weighted by molar-refractivity contribution is 0.416. The lowest BCUT2D eigenvalue weighted by Gasteiger charge is -2.14. The zero-order valence-electron chi connectivity index (χ0n) is 10.2. The van der Waals surface area contributed by atoms with Crippen LogP contribution >= 0.6 is 0 Å². The highest BCUT2D eigenvalue weighted by atomic mass is 16.3. The molecule has 0 saturated heterocycles. The van der Waals surface area contributed by atoms with E-state index in [-0.39, 0.29) is 0 Å². The van der Waals surface area contributed by atoms with E-state index >= 15 is 0 Å². The number of rotatable bonds is 3. The summed E-state index contributed by atoms with van der Waals surface area (Å²) in [7, 11) is 0. The van der Waals surface area contributed by atoms with Gasteiger partial charge in [0.15, 0.2) is 0 Å². The molecule has 1 heterocycles. The minimum atomic E-state index is 0.373. The van der Waals surface area contributed by atoms with Crippen LogP contribution in [0.4, 0.5) is 0 Å². The van der Waals surface area contributed by atoms with E-state index in [9.17, 15) is 0 Å². The summed E-state index contributed by atoms with van der Waals surface area (Å²) >= 11 is 0. The van der Waals surface area contributed by atoms with Gasteiger partial charge in [0.2, 0.25) is 0 Å². The van der Waals surface area contributed by atoms with Gasteiger partial charge in [0.25, 0.3) is 0 Å². The lowest BCUT2D eigenvalue weighted by atomic mass is 9.94. The van der Waals surface area contributed by atoms with Gasteiger partial charge in [0.1, 0.15) is 11.3 Å². The van der Waals surface area contributed by atoms with Crippen LogP contribution in [0, 0.1) is 12.8 Å². The van der Waals surface area contributed by atoms with Crippen molar-refractivity contribution in [3.63, 3.8) is 0 Å². The van der Waals surface area contributed by atoms with E-state index in [1.165, 1.54) is 10.9 Å². The molecule has 2 N–H and O–H groups in total. The molecule has 0 aliphatic heterocycles. The third-order valence-electron chi connectivity index (χ3n) is 3.36. The Morgan fingerprint density at radius 2 is 2.00 bits per heavy atom. The minimum Gasteiger partial charge on any atom is -0.461 e. The smallest absolute Gasteiger partial charge is 0.134 e. The zero-order valence-corrected chi connectivity index (χ0v) is 10.2. The molecule has 0 amide bonds. The molecule has 0 aliphatic carbocycles. The van der Waals surface area contributed by atoms with Crippen LogP contribution in [-0.2, 0) is 0 Å². The van der Waals surface area contributed by atoms with Gasteiger partial charge in [0, 0.05) is 11.3 Å². The van der Waals surface area contributed by atoms with E-state index in [4.69, 9.17) is 10.2 Å². The molecule has 1 aromatic carbocycles. The molecule has 0 fully saturated rings. The third-order valence-corrected chi connectivity index (χ3v) is 3.36. The van der Waals surface area contributed by atoms with Crippen LogP contribution in [0.1, 0.15) is 31.1 Å². The van der Waals surface area contributed by atoms with E-state index in [0.717, 1.165) is 11.3 Å². The molecular formula is C14H19NO. The monoisotopic (exact) mass is 217 g/mol. The van der Waals surface area contributed by atoms with Gasteiger partial charge in [-0.25, -0.2) is 0 Å². The lowest BCUT2D eigenvalue weighted by Crippen LogP contribution is -2.16. The van der Waals surface area contributed by atoms with Crippen molar-refractivity contribution < 1.29 is 4.42 Å². The fourth-order valence-electron chi connectivity index (χ4n) is 1.89. The number of hydrogen-bond acceptors (Lipinski definition) is 2. The molecule has 0 saturated carbocycles.